The topological polar surface area (TPSA) is 98.5 Å². The van der Waals surface area contributed by atoms with Crippen LogP contribution in [-0.4, -0.2) is 37.6 Å². The number of hydrogen-bond donors (Lipinski definition) is 1. The van der Waals surface area contributed by atoms with Gasteiger partial charge < -0.3 is 10.1 Å². The van der Waals surface area contributed by atoms with Gasteiger partial charge in [0.2, 0.25) is 0 Å². The van der Waals surface area contributed by atoms with Gasteiger partial charge in [-0.15, -0.1) is 5.10 Å². The van der Waals surface area contributed by atoms with Crippen LogP contribution in [0.15, 0.2) is 30.5 Å². The van der Waals surface area contributed by atoms with Crippen LogP contribution in [-0.2, 0) is 9.53 Å². The highest BCUT2D eigenvalue weighted by Crippen LogP contribution is 2.22. The summed E-state index contributed by atoms with van der Waals surface area (Å²) in [4.78, 5) is 32.3. The largest absolute Gasteiger partial charge is 0.447 e. The molecule has 1 unspecified atom stereocenters. The lowest BCUT2D eigenvalue weighted by atomic mass is 10.3. The Labute approximate surface area is 152 Å². The van der Waals surface area contributed by atoms with Crippen molar-refractivity contribution in [2.45, 2.75) is 20.0 Å². The molecule has 8 nitrogen and oxygen atoms in total. The maximum absolute atomic E-state index is 13.0. The molecule has 1 atom stereocenters. The molecular formula is C16H13ClFN5O3. The van der Waals surface area contributed by atoms with Gasteiger partial charge in [0.1, 0.15) is 5.82 Å². The van der Waals surface area contributed by atoms with E-state index in [-0.39, 0.29) is 22.3 Å². The number of hydrogen-bond acceptors (Lipinski definition) is 6. The average Bonchev–Trinajstić information content (AvgIpc) is 3.03. The molecule has 0 aliphatic carbocycles. The molecule has 26 heavy (non-hydrogen) atoms. The summed E-state index contributed by atoms with van der Waals surface area (Å²) in [6.45, 7) is 3.16. The van der Waals surface area contributed by atoms with Gasteiger partial charge in [-0.25, -0.2) is 18.7 Å². The SMILES string of the molecule is Cc1ccnc2nc(C(=O)OC(C)C(=O)Nc3ccc(F)cc3Cl)nn12. The molecule has 3 rings (SSSR count). The van der Waals surface area contributed by atoms with Crippen LogP contribution in [0.25, 0.3) is 5.78 Å². The van der Waals surface area contributed by atoms with Gasteiger partial charge in [0.15, 0.2) is 6.10 Å². The van der Waals surface area contributed by atoms with Crippen molar-refractivity contribution < 1.29 is 18.7 Å². The Balaban J connectivity index is 1.69. The van der Waals surface area contributed by atoms with Gasteiger partial charge in [-0.3, -0.25) is 4.79 Å². The summed E-state index contributed by atoms with van der Waals surface area (Å²) in [6, 6.07) is 5.22. The molecule has 0 saturated carbocycles. The lowest BCUT2D eigenvalue weighted by molar-refractivity contribution is -0.123. The van der Waals surface area contributed by atoms with E-state index in [1.807, 2.05) is 0 Å². The van der Waals surface area contributed by atoms with Gasteiger partial charge >= 0.3 is 5.97 Å². The number of rotatable bonds is 4. The van der Waals surface area contributed by atoms with E-state index in [1.165, 1.54) is 23.7 Å². The first-order chi connectivity index (χ1) is 12.3. The number of nitrogens with zero attached hydrogens (tertiary/aromatic N) is 4. The number of esters is 1. The Bertz CT molecular complexity index is 1010. The van der Waals surface area contributed by atoms with E-state index in [9.17, 15) is 14.0 Å². The highest BCUT2D eigenvalue weighted by molar-refractivity contribution is 6.33. The van der Waals surface area contributed by atoms with E-state index in [0.717, 1.165) is 17.8 Å². The molecule has 1 amide bonds. The van der Waals surface area contributed by atoms with Gasteiger partial charge in [0, 0.05) is 11.9 Å². The number of ether oxygens (including phenoxy) is 1. The number of anilines is 1. The normalized spacial score (nSPS) is 12.0. The van der Waals surface area contributed by atoms with Crippen molar-refractivity contribution in [2.75, 3.05) is 5.32 Å². The number of halogens is 2. The van der Waals surface area contributed by atoms with Gasteiger partial charge in [-0.1, -0.05) is 11.6 Å². The first-order valence-electron chi connectivity index (χ1n) is 7.50. The molecule has 0 radical (unpaired) electrons. The first kappa shape index (κ1) is 17.7. The van der Waals surface area contributed by atoms with Crippen molar-refractivity contribution >= 4 is 34.9 Å². The third kappa shape index (κ3) is 3.62. The molecule has 134 valence electrons. The molecule has 2 aromatic heterocycles. The maximum atomic E-state index is 13.0. The summed E-state index contributed by atoms with van der Waals surface area (Å²) >= 11 is 5.85. The number of benzene rings is 1. The fourth-order valence-corrected chi connectivity index (χ4v) is 2.30. The Morgan fingerprint density at radius 2 is 2.12 bits per heavy atom. The van der Waals surface area contributed by atoms with Crippen LogP contribution in [0.5, 0.6) is 0 Å². The summed E-state index contributed by atoms with van der Waals surface area (Å²) < 4.78 is 19.5. The van der Waals surface area contributed by atoms with Crippen LogP contribution in [0, 0.1) is 12.7 Å². The second-order valence-electron chi connectivity index (χ2n) is 5.39. The van der Waals surface area contributed by atoms with E-state index < -0.39 is 23.8 Å². The quantitative estimate of drug-likeness (QED) is 0.701. The summed E-state index contributed by atoms with van der Waals surface area (Å²) in [5, 5.41) is 6.49. The standard InChI is InChI=1S/C16H13ClFN5O3/c1-8-5-6-19-16-21-13(22-23(8)16)15(25)26-9(2)14(24)20-12-4-3-10(18)7-11(12)17/h3-7,9H,1-2H3,(H,20,24). The fraction of sp³-hybridized carbons (Fsp3) is 0.188. The zero-order valence-corrected chi connectivity index (χ0v) is 14.5. The molecule has 0 fully saturated rings. The molecule has 0 aliphatic rings. The molecule has 0 saturated heterocycles. The minimum Gasteiger partial charge on any atom is -0.447 e. The smallest absolute Gasteiger partial charge is 0.379 e. The minimum atomic E-state index is -1.15. The Hall–Kier alpha value is -3.07. The summed E-state index contributed by atoms with van der Waals surface area (Å²) in [6.07, 6.45) is 0.390. The van der Waals surface area contributed by atoms with E-state index >= 15 is 0 Å². The van der Waals surface area contributed by atoms with Gasteiger partial charge in [0.05, 0.1) is 10.7 Å². The van der Waals surface area contributed by atoms with Crippen LogP contribution < -0.4 is 5.32 Å². The lowest BCUT2D eigenvalue weighted by Crippen LogP contribution is -2.30. The van der Waals surface area contributed by atoms with Gasteiger partial charge in [-0.2, -0.15) is 4.98 Å². The molecule has 1 N–H and O–H groups in total. The number of aryl methyl sites for hydroxylation is 1. The molecule has 1 aromatic carbocycles. The number of amides is 1. The van der Waals surface area contributed by atoms with Crippen molar-refractivity contribution in [1.82, 2.24) is 19.6 Å². The van der Waals surface area contributed by atoms with Crippen LogP contribution in [0.3, 0.4) is 0 Å². The van der Waals surface area contributed by atoms with E-state index in [2.05, 4.69) is 20.4 Å². The second-order valence-corrected chi connectivity index (χ2v) is 5.80. The lowest BCUT2D eigenvalue weighted by Gasteiger charge is -2.13. The average molecular weight is 378 g/mol. The van der Waals surface area contributed by atoms with Crippen molar-refractivity contribution in [3.8, 4) is 0 Å². The van der Waals surface area contributed by atoms with Crippen LogP contribution in [0.1, 0.15) is 23.2 Å². The minimum absolute atomic E-state index is 0.0282. The Kier molecular flexibility index (Phi) is 4.81. The molecule has 0 spiro atoms. The summed E-state index contributed by atoms with van der Waals surface area (Å²) in [7, 11) is 0. The highest BCUT2D eigenvalue weighted by Gasteiger charge is 2.23. The predicted molar refractivity (Wildman–Crippen MR) is 90.4 cm³/mol. The zero-order chi connectivity index (χ0) is 18.8. The predicted octanol–water partition coefficient (Wildman–Crippen LogP) is 2.41. The molecule has 0 bridgehead atoms. The number of carbonyl (C=O) groups excluding carboxylic acids is 2. The third-order valence-electron chi connectivity index (χ3n) is 3.45. The molecular weight excluding hydrogens is 365 g/mol. The number of nitrogens with one attached hydrogen (secondary N) is 1. The van der Waals surface area contributed by atoms with Crippen molar-refractivity contribution in [2.24, 2.45) is 0 Å². The second kappa shape index (κ2) is 7.04. The monoisotopic (exact) mass is 377 g/mol. The zero-order valence-electron chi connectivity index (χ0n) is 13.7. The van der Waals surface area contributed by atoms with Crippen LogP contribution in [0.4, 0.5) is 10.1 Å². The van der Waals surface area contributed by atoms with Crippen molar-refractivity contribution in [3.05, 3.63) is 52.8 Å². The third-order valence-corrected chi connectivity index (χ3v) is 3.77. The van der Waals surface area contributed by atoms with Crippen molar-refractivity contribution in [1.29, 1.82) is 0 Å². The van der Waals surface area contributed by atoms with Crippen molar-refractivity contribution in [3.63, 3.8) is 0 Å². The van der Waals surface area contributed by atoms with E-state index in [1.54, 1.807) is 13.0 Å². The van der Waals surface area contributed by atoms with Gasteiger partial charge in [0.25, 0.3) is 17.5 Å². The first-order valence-corrected chi connectivity index (χ1v) is 7.88. The number of fused-ring (bicyclic) bond motifs is 1. The molecule has 10 heteroatoms. The Morgan fingerprint density at radius 1 is 1.35 bits per heavy atom. The summed E-state index contributed by atoms with van der Waals surface area (Å²) in [5.74, 6) is -2.01. The van der Waals surface area contributed by atoms with E-state index in [0.29, 0.717) is 0 Å². The van der Waals surface area contributed by atoms with Crippen LogP contribution >= 0.6 is 11.6 Å². The van der Waals surface area contributed by atoms with E-state index in [4.69, 9.17) is 16.3 Å². The highest BCUT2D eigenvalue weighted by atomic mass is 35.5. The Morgan fingerprint density at radius 3 is 2.81 bits per heavy atom. The van der Waals surface area contributed by atoms with Crippen LogP contribution in [0.2, 0.25) is 5.02 Å². The molecule has 0 aliphatic heterocycles. The maximum Gasteiger partial charge on any atom is 0.379 e. The fourth-order valence-electron chi connectivity index (χ4n) is 2.08. The number of aromatic nitrogens is 4. The summed E-state index contributed by atoms with van der Waals surface area (Å²) in [5.41, 5.74) is 0.935. The molecule has 2 heterocycles. The van der Waals surface area contributed by atoms with Gasteiger partial charge in [-0.05, 0) is 38.1 Å². The number of carbonyl (C=O) groups is 2. The molecule has 3 aromatic rings.